The topological polar surface area (TPSA) is 42.4 Å². The van der Waals surface area contributed by atoms with Crippen LogP contribution in [0.5, 0.6) is 5.75 Å². The number of likely N-dealkylation sites (N-methyl/N-ethyl adjacent to an activating group) is 1. The van der Waals surface area contributed by atoms with Crippen molar-refractivity contribution in [2.75, 3.05) is 13.2 Å². The lowest BCUT2D eigenvalue weighted by molar-refractivity contribution is -0.133. The van der Waals surface area contributed by atoms with Crippen LogP contribution < -0.4 is 4.74 Å². The van der Waals surface area contributed by atoms with E-state index in [0.29, 0.717) is 18.8 Å². The molecule has 0 aliphatic rings. The Bertz CT molecular complexity index is 529. The number of hydrogen-bond donors (Lipinski definition) is 0. The molecular weight excluding hydrogens is 252 g/mol. The minimum atomic E-state index is -0.0276. The van der Waals surface area contributed by atoms with E-state index in [-0.39, 0.29) is 12.5 Å². The number of hydrogen-bond acceptors (Lipinski definition) is 3. The molecule has 0 atom stereocenters. The van der Waals surface area contributed by atoms with Crippen molar-refractivity contribution < 1.29 is 9.53 Å². The molecule has 0 spiro atoms. The highest BCUT2D eigenvalue weighted by Crippen LogP contribution is 2.08. The van der Waals surface area contributed by atoms with E-state index in [9.17, 15) is 4.79 Å². The maximum absolute atomic E-state index is 12.1. The smallest absolute Gasteiger partial charge is 0.260 e. The summed E-state index contributed by atoms with van der Waals surface area (Å²) < 4.78 is 5.43. The van der Waals surface area contributed by atoms with Gasteiger partial charge in [-0.3, -0.25) is 9.78 Å². The molecule has 0 unspecified atom stereocenters. The summed E-state index contributed by atoms with van der Waals surface area (Å²) in [6, 6.07) is 13.5. The molecule has 0 bridgehead atoms. The van der Waals surface area contributed by atoms with Crippen molar-refractivity contribution in [2.45, 2.75) is 13.5 Å². The van der Waals surface area contributed by atoms with Gasteiger partial charge in [-0.05, 0) is 24.6 Å². The average Bonchev–Trinajstić information content (AvgIpc) is 2.52. The molecule has 1 amide bonds. The molecule has 1 heterocycles. The van der Waals surface area contributed by atoms with Crippen LogP contribution in [-0.4, -0.2) is 28.9 Å². The van der Waals surface area contributed by atoms with Gasteiger partial charge in [-0.25, -0.2) is 0 Å². The van der Waals surface area contributed by atoms with Gasteiger partial charge >= 0.3 is 0 Å². The van der Waals surface area contributed by atoms with Gasteiger partial charge < -0.3 is 9.64 Å². The minimum Gasteiger partial charge on any atom is -0.482 e. The van der Waals surface area contributed by atoms with Crippen molar-refractivity contribution in [1.82, 2.24) is 9.88 Å². The fraction of sp³-hybridized carbons (Fsp3) is 0.250. The molecule has 0 aliphatic heterocycles. The monoisotopic (exact) mass is 270 g/mol. The largest absolute Gasteiger partial charge is 0.482 e. The molecule has 0 radical (unpaired) electrons. The number of pyridine rings is 1. The SMILES string of the molecule is CCN(Cc1ccccc1)C(=O)COc1cccnc1. The van der Waals surface area contributed by atoms with Gasteiger partial charge in [-0.1, -0.05) is 30.3 Å². The molecule has 0 aliphatic carbocycles. The van der Waals surface area contributed by atoms with Crippen molar-refractivity contribution in [3.8, 4) is 5.75 Å². The van der Waals surface area contributed by atoms with E-state index >= 15 is 0 Å². The molecule has 20 heavy (non-hydrogen) atoms. The summed E-state index contributed by atoms with van der Waals surface area (Å²) in [4.78, 5) is 17.8. The molecule has 0 saturated carbocycles. The van der Waals surface area contributed by atoms with E-state index in [1.165, 1.54) is 0 Å². The number of benzene rings is 1. The van der Waals surface area contributed by atoms with Crippen molar-refractivity contribution >= 4 is 5.91 Å². The Balaban J connectivity index is 1.89. The van der Waals surface area contributed by atoms with Crippen LogP contribution in [0.4, 0.5) is 0 Å². The first-order chi connectivity index (χ1) is 9.79. The molecule has 4 heteroatoms. The second-order valence-corrected chi connectivity index (χ2v) is 4.37. The fourth-order valence-corrected chi connectivity index (χ4v) is 1.85. The number of nitrogens with zero attached hydrogens (tertiary/aromatic N) is 2. The molecule has 4 nitrogen and oxygen atoms in total. The molecule has 1 aromatic carbocycles. The van der Waals surface area contributed by atoms with E-state index in [0.717, 1.165) is 5.56 Å². The number of carbonyl (C=O) groups is 1. The lowest BCUT2D eigenvalue weighted by Crippen LogP contribution is -2.34. The first-order valence-electron chi connectivity index (χ1n) is 6.64. The van der Waals surface area contributed by atoms with E-state index in [2.05, 4.69) is 4.98 Å². The molecule has 0 N–H and O–H groups in total. The van der Waals surface area contributed by atoms with Gasteiger partial charge in [0.05, 0.1) is 6.20 Å². The zero-order valence-electron chi connectivity index (χ0n) is 11.5. The summed E-state index contributed by atoms with van der Waals surface area (Å²) in [5.41, 5.74) is 1.11. The Hall–Kier alpha value is -2.36. The van der Waals surface area contributed by atoms with Crippen LogP contribution in [0.2, 0.25) is 0 Å². The van der Waals surface area contributed by atoms with Crippen LogP contribution in [0.1, 0.15) is 12.5 Å². The maximum atomic E-state index is 12.1. The van der Waals surface area contributed by atoms with Gasteiger partial charge in [-0.2, -0.15) is 0 Å². The zero-order valence-corrected chi connectivity index (χ0v) is 11.5. The summed E-state index contributed by atoms with van der Waals surface area (Å²) in [5, 5.41) is 0. The third-order valence-corrected chi connectivity index (χ3v) is 2.95. The molecule has 2 aromatic rings. The Morgan fingerprint density at radius 1 is 1.20 bits per heavy atom. The Morgan fingerprint density at radius 2 is 2.00 bits per heavy atom. The van der Waals surface area contributed by atoms with Gasteiger partial charge in [0.15, 0.2) is 6.61 Å². The zero-order chi connectivity index (χ0) is 14.2. The second-order valence-electron chi connectivity index (χ2n) is 4.37. The predicted molar refractivity (Wildman–Crippen MR) is 77.3 cm³/mol. The van der Waals surface area contributed by atoms with Crippen LogP contribution in [0.25, 0.3) is 0 Å². The molecule has 0 fully saturated rings. The first-order valence-corrected chi connectivity index (χ1v) is 6.64. The van der Waals surface area contributed by atoms with Gasteiger partial charge in [0, 0.05) is 19.3 Å². The molecule has 1 aromatic heterocycles. The Morgan fingerprint density at radius 3 is 2.65 bits per heavy atom. The maximum Gasteiger partial charge on any atom is 0.260 e. The lowest BCUT2D eigenvalue weighted by Gasteiger charge is -2.21. The summed E-state index contributed by atoms with van der Waals surface area (Å²) in [7, 11) is 0. The van der Waals surface area contributed by atoms with Crippen LogP contribution in [0, 0.1) is 0 Å². The molecule has 0 saturated heterocycles. The summed E-state index contributed by atoms with van der Waals surface area (Å²) in [5.74, 6) is 0.580. The summed E-state index contributed by atoms with van der Waals surface area (Å²) >= 11 is 0. The fourth-order valence-electron chi connectivity index (χ4n) is 1.85. The van der Waals surface area contributed by atoms with Gasteiger partial charge in [0.2, 0.25) is 0 Å². The Labute approximate surface area is 119 Å². The van der Waals surface area contributed by atoms with Crippen molar-refractivity contribution in [2.24, 2.45) is 0 Å². The third-order valence-electron chi connectivity index (χ3n) is 2.95. The van der Waals surface area contributed by atoms with Gasteiger partial charge in [0.1, 0.15) is 5.75 Å². The van der Waals surface area contributed by atoms with E-state index in [1.807, 2.05) is 37.3 Å². The Kier molecular flexibility index (Phi) is 5.12. The summed E-state index contributed by atoms with van der Waals surface area (Å²) in [6.07, 6.45) is 3.27. The molecular formula is C16H18N2O2. The highest BCUT2D eigenvalue weighted by molar-refractivity contribution is 5.77. The quantitative estimate of drug-likeness (QED) is 0.810. The van der Waals surface area contributed by atoms with Crippen LogP contribution in [0.3, 0.4) is 0 Å². The second kappa shape index (κ2) is 7.28. The predicted octanol–water partition coefficient (Wildman–Crippen LogP) is 2.51. The summed E-state index contributed by atoms with van der Waals surface area (Å²) in [6.45, 7) is 3.26. The van der Waals surface area contributed by atoms with E-state index in [4.69, 9.17) is 4.74 Å². The lowest BCUT2D eigenvalue weighted by atomic mass is 10.2. The molecule has 2 rings (SSSR count). The average molecular weight is 270 g/mol. The first kappa shape index (κ1) is 14.1. The van der Waals surface area contributed by atoms with Crippen LogP contribution in [0.15, 0.2) is 54.9 Å². The minimum absolute atomic E-state index is 0.0276. The van der Waals surface area contributed by atoms with Gasteiger partial charge in [0.25, 0.3) is 5.91 Å². The van der Waals surface area contributed by atoms with Crippen molar-refractivity contribution in [3.05, 3.63) is 60.4 Å². The number of carbonyl (C=O) groups excluding carboxylic acids is 1. The normalized spacial score (nSPS) is 10.1. The highest BCUT2D eigenvalue weighted by atomic mass is 16.5. The van der Waals surface area contributed by atoms with Crippen LogP contribution >= 0.6 is 0 Å². The number of ether oxygens (including phenoxy) is 1. The van der Waals surface area contributed by atoms with E-state index in [1.54, 1.807) is 29.4 Å². The number of rotatable bonds is 6. The van der Waals surface area contributed by atoms with E-state index < -0.39 is 0 Å². The van der Waals surface area contributed by atoms with Gasteiger partial charge in [-0.15, -0.1) is 0 Å². The highest BCUT2D eigenvalue weighted by Gasteiger charge is 2.12. The number of amides is 1. The molecule has 104 valence electrons. The standard InChI is InChI=1S/C16H18N2O2/c1-2-18(12-14-7-4-3-5-8-14)16(19)13-20-15-9-6-10-17-11-15/h3-11H,2,12-13H2,1H3. The van der Waals surface area contributed by atoms with Crippen LogP contribution in [-0.2, 0) is 11.3 Å². The third kappa shape index (κ3) is 4.09. The number of aromatic nitrogens is 1. The van der Waals surface area contributed by atoms with Crippen molar-refractivity contribution in [1.29, 1.82) is 0 Å². The van der Waals surface area contributed by atoms with Crippen molar-refractivity contribution in [3.63, 3.8) is 0 Å².